The van der Waals surface area contributed by atoms with Gasteiger partial charge in [0, 0.05) is 18.4 Å². The van der Waals surface area contributed by atoms with Crippen LogP contribution in [0.15, 0.2) is 0 Å². The molecular weight excluding hydrogens is 174 g/mol. The monoisotopic (exact) mass is 191 g/mol. The molecule has 1 amide bonds. The predicted octanol–water partition coefficient (Wildman–Crippen LogP) is 1.56. The maximum absolute atomic E-state index is 11.4. The lowest BCUT2D eigenvalue weighted by atomic mass is 9.46. The van der Waals surface area contributed by atoms with Gasteiger partial charge in [-0.25, -0.2) is 0 Å². The van der Waals surface area contributed by atoms with Crippen LogP contribution in [0, 0.1) is 29.1 Å². The molecule has 0 radical (unpaired) electrons. The Morgan fingerprint density at radius 1 is 1.21 bits per heavy atom. The Morgan fingerprint density at radius 3 is 2.93 bits per heavy atom. The molecular formula is C12H17NO. The largest absolute Gasteiger partial charge is 0.355 e. The molecule has 2 bridgehead atoms. The summed E-state index contributed by atoms with van der Waals surface area (Å²) in [5.74, 6) is 4.18. The van der Waals surface area contributed by atoms with E-state index in [2.05, 4.69) is 5.32 Å². The Bertz CT molecular complexity index is 305. The first-order chi connectivity index (χ1) is 6.79. The second kappa shape index (κ2) is 2.17. The van der Waals surface area contributed by atoms with E-state index >= 15 is 0 Å². The van der Waals surface area contributed by atoms with E-state index in [4.69, 9.17) is 0 Å². The highest BCUT2D eigenvalue weighted by molar-refractivity contribution is 5.79. The van der Waals surface area contributed by atoms with E-state index in [0.29, 0.717) is 11.3 Å². The molecule has 5 atom stereocenters. The zero-order valence-electron chi connectivity index (χ0n) is 8.46. The lowest BCUT2D eigenvalue weighted by Crippen LogP contribution is -2.55. The van der Waals surface area contributed by atoms with Crippen LogP contribution in [0.3, 0.4) is 0 Å². The molecule has 14 heavy (non-hydrogen) atoms. The van der Waals surface area contributed by atoms with Gasteiger partial charge in [-0.05, 0) is 42.9 Å². The van der Waals surface area contributed by atoms with Crippen LogP contribution in [-0.2, 0) is 4.79 Å². The first kappa shape index (κ1) is 7.72. The molecule has 1 aliphatic heterocycles. The minimum atomic E-state index is 0.318. The molecule has 0 aromatic carbocycles. The third-order valence-corrected chi connectivity index (χ3v) is 5.69. The normalized spacial score (nSPS) is 58.7. The van der Waals surface area contributed by atoms with Crippen molar-refractivity contribution in [1.82, 2.24) is 5.32 Å². The second-order valence-electron chi connectivity index (χ2n) is 5.98. The maximum Gasteiger partial charge on any atom is 0.220 e. The van der Waals surface area contributed by atoms with E-state index in [9.17, 15) is 4.79 Å². The summed E-state index contributed by atoms with van der Waals surface area (Å²) < 4.78 is 0. The number of hydrogen-bond donors (Lipinski definition) is 1. The molecule has 3 saturated carbocycles. The Kier molecular flexibility index (Phi) is 1.20. The summed E-state index contributed by atoms with van der Waals surface area (Å²) in [4.78, 5) is 11.4. The van der Waals surface area contributed by atoms with Crippen molar-refractivity contribution in [1.29, 1.82) is 0 Å². The number of carbonyl (C=O) groups is 1. The van der Waals surface area contributed by atoms with Gasteiger partial charge in [0.2, 0.25) is 5.91 Å². The molecule has 76 valence electrons. The molecule has 4 rings (SSSR count). The van der Waals surface area contributed by atoms with E-state index in [-0.39, 0.29) is 0 Å². The molecule has 4 fully saturated rings. The minimum Gasteiger partial charge on any atom is -0.355 e. The molecule has 4 aliphatic rings. The van der Waals surface area contributed by atoms with Crippen LogP contribution < -0.4 is 5.32 Å². The number of carbonyl (C=O) groups excluding carboxylic acids is 1. The van der Waals surface area contributed by atoms with Gasteiger partial charge in [-0.15, -0.1) is 0 Å². The number of amides is 1. The fourth-order valence-electron chi connectivity index (χ4n) is 5.23. The van der Waals surface area contributed by atoms with Gasteiger partial charge in [0.15, 0.2) is 0 Å². The van der Waals surface area contributed by atoms with E-state index in [1.807, 2.05) is 0 Å². The summed E-state index contributed by atoms with van der Waals surface area (Å²) in [6.07, 6.45) is 6.65. The van der Waals surface area contributed by atoms with Gasteiger partial charge in [-0.2, -0.15) is 0 Å². The number of rotatable bonds is 0. The summed E-state index contributed by atoms with van der Waals surface area (Å²) in [6, 6.07) is 0. The highest BCUT2D eigenvalue weighted by Crippen LogP contribution is 2.71. The molecule has 0 aromatic rings. The first-order valence-electron chi connectivity index (χ1n) is 6.06. The smallest absolute Gasteiger partial charge is 0.220 e. The van der Waals surface area contributed by atoms with Crippen LogP contribution in [0.4, 0.5) is 0 Å². The Hall–Kier alpha value is -0.530. The van der Waals surface area contributed by atoms with E-state index in [1.54, 1.807) is 0 Å². The quantitative estimate of drug-likeness (QED) is 0.618. The SMILES string of the molecule is O=C1C[C@]2(CN1)C1CC[C@H]3C[C@@H]1[C@@H]2C3. The molecule has 1 N–H and O–H groups in total. The van der Waals surface area contributed by atoms with Gasteiger partial charge >= 0.3 is 0 Å². The minimum absolute atomic E-state index is 0.318. The zero-order chi connectivity index (χ0) is 9.34. The fraction of sp³-hybridized carbons (Fsp3) is 0.917. The lowest BCUT2D eigenvalue weighted by Gasteiger charge is -2.57. The Balaban J connectivity index is 1.73. The van der Waals surface area contributed by atoms with E-state index < -0.39 is 0 Å². The highest BCUT2D eigenvalue weighted by atomic mass is 16.1. The van der Waals surface area contributed by atoms with Gasteiger partial charge in [-0.3, -0.25) is 4.79 Å². The molecule has 1 spiro atoms. The van der Waals surface area contributed by atoms with Crippen LogP contribution in [0.1, 0.15) is 32.1 Å². The molecule has 1 saturated heterocycles. The van der Waals surface area contributed by atoms with Crippen molar-refractivity contribution in [3.8, 4) is 0 Å². The van der Waals surface area contributed by atoms with Crippen molar-refractivity contribution in [2.45, 2.75) is 32.1 Å². The second-order valence-corrected chi connectivity index (χ2v) is 5.98. The number of fused-ring (bicyclic) bond motifs is 3. The van der Waals surface area contributed by atoms with Crippen molar-refractivity contribution in [2.24, 2.45) is 29.1 Å². The highest BCUT2D eigenvalue weighted by Gasteiger charge is 2.67. The van der Waals surface area contributed by atoms with Crippen molar-refractivity contribution >= 4 is 5.91 Å². The van der Waals surface area contributed by atoms with Crippen LogP contribution in [-0.4, -0.2) is 12.5 Å². The average molecular weight is 191 g/mol. The predicted molar refractivity (Wildman–Crippen MR) is 52.5 cm³/mol. The van der Waals surface area contributed by atoms with Gasteiger partial charge in [0.1, 0.15) is 0 Å². The summed E-state index contributed by atoms with van der Waals surface area (Å²) in [6.45, 7) is 1.00. The van der Waals surface area contributed by atoms with Crippen molar-refractivity contribution in [3.63, 3.8) is 0 Å². The van der Waals surface area contributed by atoms with E-state index in [0.717, 1.165) is 36.6 Å². The standard InChI is InChI=1S/C12H17NO/c14-11-5-12(6-13-11)9-2-1-7-3-8(9)10(12)4-7/h7-10H,1-6H2,(H,13,14)/t7-,8-,9?,10-,12-/m0/s1. The molecule has 1 heterocycles. The van der Waals surface area contributed by atoms with Crippen LogP contribution in [0.25, 0.3) is 0 Å². The van der Waals surface area contributed by atoms with Crippen LogP contribution in [0.5, 0.6) is 0 Å². The van der Waals surface area contributed by atoms with E-state index in [1.165, 1.54) is 25.7 Å². The summed E-state index contributed by atoms with van der Waals surface area (Å²) in [7, 11) is 0. The molecule has 0 aromatic heterocycles. The average Bonchev–Trinajstić information content (AvgIpc) is 2.64. The third kappa shape index (κ3) is 0.665. The Morgan fingerprint density at radius 2 is 2.14 bits per heavy atom. The lowest BCUT2D eigenvalue weighted by molar-refractivity contribution is -0.126. The topological polar surface area (TPSA) is 29.1 Å². The Labute approximate surface area is 84.4 Å². The summed E-state index contributed by atoms with van der Waals surface area (Å²) in [5, 5.41) is 3.07. The van der Waals surface area contributed by atoms with Gasteiger partial charge < -0.3 is 5.32 Å². The number of hydrogen-bond acceptors (Lipinski definition) is 1. The molecule has 1 unspecified atom stereocenters. The third-order valence-electron chi connectivity index (χ3n) is 5.69. The molecule has 3 aliphatic carbocycles. The van der Waals surface area contributed by atoms with Crippen molar-refractivity contribution < 1.29 is 4.79 Å². The maximum atomic E-state index is 11.4. The van der Waals surface area contributed by atoms with Gasteiger partial charge in [0.05, 0.1) is 0 Å². The fourth-order valence-corrected chi connectivity index (χ4v) is 5.23. The van der Waals surface area contributed by atoms with Gasteiger partial charge in [0.25, 0.3) is 0 Å². The van der Waals surface area contributed by atoms with Crippen LogP contribution in [0.2, 0.25) is 0 Å². The van der Waals surface area contributed by atoms with Crippen molar-refractivity contribution in [3.05, 3.63) is 0 Å². The molecule has 2 nitrogen and oxygen atoms in total. The molecule has 2 heteroatoms. The van der Waals surface area contributed by atoms with Crippen molar-refractivity contribution in [2.75, 3.05) is 6.54 Å². The zero-order valence-corrected chi connectivity index (χ0v) is 8.46. The van der Waals surface area contributed by atoms with Gasteiger partial charge in [-0.1, -0.05) is 6.42 Å². The summed E-state index contributed by atoms with van der Waals surface area (Å²) >= 11 is 0. The summed E-state index contributed by atoms with van der Waals surface area (Å²) in [5.41, 5.74) is 0.438. The van der Waals surface area contributed by atoms with Crippen LogP contribution >= 0.6 is 0 Å². The number of nitrogens with one attached hydrogen (secondary N) is 1. The first-order valence-corrected chi connectivity index (χ1v) is 6.06.